The maximum Gasteiger partial charge on any atom is 0.238 e. The van der Waals surface area contributed by atoms with Gasteiger partial charge in [0.2, 0.25) is 15.9 Å². The Kier molecular flexibility index (Phi) is 5.10. The molecule has 0 aromatic heterocycles. The minimum Gasteiger partial charge on any atom is -0.354 e. The standard InChI is InChI=1S/C16H23FN2O3S/c1-16(2,12-7-4-5-8-13(12)17)11-18-15(20)14-9-6-10-19(14)23(3,21)22/h4-5,7-8,14H,6,9-11H2,1-3H3,(H,18,20)/t14-/m1/s1. The van der Waals surface area contributed by atoms with Crippen LogP contribution >= 0.6 is 0 Å². The summed E-state index contributed by atoms with van der Waals surface area (Å²) in [5.41, 5.74) is -0.0677. The summed E-state index contributed by atoms with van der Waals surface area (Å²) in [6, 6.07) is 5.79. The predicted octanol–water partition coefficient (Wildman–Crippen LogP) is 1.64. The maximum atomic E-state index is 13.9. The van der Waals surface area contributed by atoms with Crippen LogP contribution < -0.4 is 5.32 Å². The van der Waals surface area contributed by atoms with Crippen LogP contribution in [0.3, 0.4) is 0 Å². The summed E-state index contributed by atoms with van der Waals surface area (Å²) < 4.78 is 38.6. The third kappa shape index (κ3) is 4.09. The number of nitrogens with zero attached hydrogens (tertiary/aromatic N) is 1. The Balaban J connectivity index is 2.05. The van der Waals surface area contributed by atoms with Gasteiger partial charge in [-0.05, 0) is 24.5 Å². The molecule has 1 aliphatic rings. The van der Waals surface area contributed by atoms with Gasteiger partial charge in [0, 0.05) is 18.5 Å². The Morgan fingerprint density at radius 3 is 2.65 bits per heavy atom. The molecule has 1 aliphatic heterocycles. The number of rotatable bonds is 5. The zero-order valence-electron chi connectivity index (χ0n) is 13.7. The van der Waals surface area contributed by atoms with E-state index in [1.54, 1.807) is 18.2 Å². The van der Waals surface area contributed by atoms with Crippen molar-refractivity contribution in [2.24, 2.45) is 0 Å². The Morgan fingerprint density at radius 1 is 1.39 bits per heavy atom. The summed E-state index contributed by atoms with van der Waals surface area (Å²) in [5, 5.41) is 2.78. The van der Waals surface area contributed by atoms with E-state index in [9.17, 15) is 17.6 Å². The molecular weight excluding hydrogens is 319 g/mol. The Bertz CT molecular complexity index is 688. The first-order chi connectivity index (χ1) is 10.6. The van der Waals surface area contributed by atoms with Gasteiger partial charge in [-0.25, -0.2) is 12.8 Å². The van der Waals surface area contributed by atoms with E-state index in [1.807, 2.05) is 13.8 Å². The van der Waals surface area contributed by atoms with Gasteiger partial charge in [0.1, 0.15) is 11.9 Å². The molecule has 0 aliphatic carbocycles. The van der Waals surface area contributed by atoms with Crippen molar-refractivity contribution in [2.45, 2.75) is 38.1 Å². The van der Waals surface area contributed by atoms with Crippen molar-refractivity contribution in [2.75, 3.05) is 19.3 Å². The topological polar surface area (TPSA) is 66.5 Å². The molecule has 1 atom stereocenters. The molecule has 1 N–H and O–H groups in total. The molecule has 1 aromatic carbocycles. The number of hydrogen-bond donors (Lipinski definition) is 1. The van der Waals surface area contributed by atoms with Crippen molar-refractivity contribution in [3.63, 3.8) is 0 Å². The van der Waals surface area contributed by atoms with Gasteiger partial charge in [0.15, 0.2) is 0 Å². The highest BCUT2D eigenvalue weighted by atomic mass is 32.2. The molecule has 0 spiro atoms. The molecule has 1 heterocycles. The van der Waals surface area contributed by atoms with Crippen molar-refractivity contribution in [1.29, 1.82) is 0 Å². The van der Waals surface area contributed by atoms with Crippen LogP contribution in [0.5, 0.6) is 0 Å². The van der Waals surface area contributed by atoms with E-state index in [4.69, 9.17) is 0 Å². The Hall–Kier alpha value is -1.47. The summed E-state index contributed by atoms with van der Waals surface area (Å²) >= 11 is 0. The molecule has 0 bridgehead atoms. The number of carbonyl (C=O) groups is 1. The van der Waals surface area contributed by atoms with Gasteiger partial charge in [-0.1, -0.05) is 32.0 Å². The van der Waals surface area contributed by atoms with Gasteiger partial charge in [-0.2, -0.15) is 4.31 Å². The van der Waals surface area contributed by atoms with Gasteiger partial charge in [-0.3, -0.25) is 4.79 Å². The number of halogens is 1. The average Bonchev–Trinajstić information content (AvgIpc) is 2.94. The second-order valence-corrected chi connectivity index (χ2v) is 8.55. The summed E-state index contributed by atoms with van der Waals surface area (Å²) in [5.74, 6) is -0.636. The van der Waals surface area contributed by atoms with Gasteiger partial charge >= 0.3 is 0 Å². The molecule has 7 heteroatoms. The van der Waals surface area contributed by atoms with Crippen molar-refractivity contribution in [3.05, 3.63) is 35.6 Å². The molecule has 0 unspecified atom stereocenters. The number of amides is 1. The fourth-order valence-corrected chi connectivity index (χ4v) is 4.05. The third-order valence-electron chi connectivity index (χ3n) is 4.24. The van der Waals surface area contributed by atoms with Crippen LogP contribution in [0.25, 0.3) is 0 Å². The van der Waals surface area contributed by atoms with Crippen molar-refractivity contribution < 1.29 is 17.6 Å². The molecule has 1 fully saturated rings. The van der Waals surface area contributed by atoms with Crippen molar-refractivity contribution >= 4 is 15.9 Å². The van der Waals surface area contributed by atoms with E-state index < -0.39 is 21.5 Å². The van der Waals surface area contributed by atoms with Gasteiger partial charge < -0.3 is 5.32 Å². The van der Waals surface area contributed by atoms with Crippen LogP contribution in [0.1, 0.15) is 32.3 Å². The average molecular weight is 342 g/mol. The zero-order chi connectivity index (χ0) is 17.3. The molecule has 1 amide bonds. The fraction of sp³-hybridized carbons (Fsp3) is 0.562. The summed E-state index contributed by atoms with van der Waals surface area (Å²) in [7, 11) is -3.40. The summed E-state index contributed by atoms with van der Waals surface area (Å²) in [6.07, 6.45) is 2.29. The van der Waals surface area contributed by atoms with E-state index in [0.29, 0.717) is 24.9 Å². The highest BCUT2D eigenvalue weighted by molar-refractivity contribution is 7.88. The molecule has 5 nitrogen and oxygen atoms in total. The Morgan fingerprint density at radius 2 is 2.04 bits per heavy atom. The highest BCUT2D eigenvalue weighted by Crippen LogP contribution is 2.25. The smallest absolute Gasteiger partial charge is 0.238 e. The van der Waals surface area contributed by atoms with Crippen LogP contribution in [0.4, 0.5) is 4.39 Å². The number of benzene rings is 1. The first kappa shape index (κ1) is 17.9. The third-order valence-corrected chi connectivity index (χ3v) is 5.53. The van der Waals surface area contributed by atoms with E-state index in [0.717, 1.165) is 6.26 Å². The molecule has 23 heavy (non-hydrogen) atoms. The summed E-state index contributed by atoms with van der Waals surface area (Å²) in [4.78, 5) is 12.4. The van der Waals surface area contributed by atoms with Crippen LogP contribution in [0.15, 0.2) is 24.3 Å². The molecule has 128 valence electrons. The monoisotopic (exact) mass is 342 g/mol. The lowest BCUT2D eigenvalue weighted by atomic mass is 9.84. The maximum absolute atomic E-state index is 13.9. The normalized spacial score (nSPS) is 19.7. The zero-order valence-corrected chi connectivity index (χ0v) is 14.5. The number of carbonyl (C=O) groups excluding carboxylic acids is 1. The van der Waals surface area contributed by atoms with Crippen LogP contribution in [0.2, 0.25) is 0 Å². The predicted molar refractivity (Wildman–Crippen MR) is 87.0 cm³/mol. The quantitative estimate of drug-likeness (QED) is 0.885. The van der Waals surface area contributed by atoms with Gasteiger partial charge in [-0.15, -0.1) is 0 Å². The van der Waals surface area contributed by atoms with Crippen LogP contribution in [-0.2, 0) is 20.2 Å². The minimum atomic E-state index is -3.40. The fourth-order valence-electron chi connectivity index (χ4n) is 2.93. The van der Waals surface area contributed by atoms with Crippen LogP contribution in [0, 0.1) is 5.82 Å². The largest absolute Gasteiger partial charge is 0.354 e. The molecule has 1 saturated heterocycles. The lowest BCUT2D eigenvalue weighted by Gasteiger charge is -2.28. The van der Waals surface area contributed by atoms with E-state index in [2.05, 4.69) is 5.32 Å². The van der Waals surface area contributed by atoms with Gasteiger partial charge in [0.25, 0.3) is 0 Å². The molecular formula is C16H23FN2O3S. The first-order valence-electron chi connectivity index (χ1n) is 7.62. The van der Waals surface area contributed by atoms with Crippen molar-refractivity contribution in [3.8, 4) is 0 Å². The number of nitrogens with one attached hydrogen (secondary N) is 1. The van der Waals surface area contributed by atoms with Crippen LogP contribution in [-0.4, -0.2) is 44.0 Å². The summed E-state index contributed by atoms with van der Waals surface area (Å²) in [6.45, 7) is 4.29. The molecule has 2 rings (SSSR count). The molecule has 0 saturated carbocycles. The number of hydrogen-bond acceptors (Lipinski definition) is 3. The van der Waals surface area contributed by atoms with Gasteiger partial charge in [0.05, 0.1) is 6.26 Å². The lowest BCUT2D eigenvalue weighted by molar-refractivity contribution is -0.124. The lowest BCUT2D eigenvalue weighted by Crippen LogP contribution is -2.48. The second-order valence-electron chi connectivity index (χ2n) is 6.61. The Labute approximate surface area is 136 Å². The van der Waals surface area contributed by atoms with Crippen molar-refractivity contribution in [1.82, 2.24) is 9.62 Å². The first-order valence-corrected chi connectivity index (χ1v) is 9.47. The minimum absolute atomic E-state index is 0.237. The van der Waals surface area contributed by atoms with E-state index >= 15 is 0 Å². The highest BCUT2D eigenvalue weighted by Gasteiger charge is 2.37. The number of sulfonamides is 1. The van der Waals surface area contributed by atoms with E-state index in [1.165, 1.54) is 10.4 Å². The molecule has 0 radical (unpaired) electrons. The van der Waals surface area contributed by atoms with E-state index in [-0.39, 0.29) is 18.3 Å². The SMILES string of the molecule is CC(C)(CNC(=O)[C@H]1CCCN1S(C)(=O)=O)c1ccccc1F. The molecule has 1 aromatic rings. The second kappa shape index (κ2) is 6.57.